The Labute approximate surface area is 103 Å². The highest BCUT2D eigenvalue weighted by molar-refractivity contribution is 5.47. The van der Waals surface area contributed by atoms with Crippen LogP contribution in [0.1, 0.15) is 31.4 Å². The van der Waals surface area contributed by atoms with Crippen LogP contribution < -0.4 is 0 Å². The second-order valence-corrected chi connectivity index (χ2v) is 5.57. The maximum atomic E-state index is 2.38. The van der Waals surface area contributed by atoms with Crippen molar-refractivity contribution in [3.05, 3.63) is 71.8 Å². The molecule has 0 unspecified atom stereocenters. The van der Waals surface area contributed by atoms with E-state index in [1.807, 2.05) is 0 Å². The van der Waals surface area contributed by atoms with Gasteiger partial charge in [-0.3, -0.25) is 0 Å². The zero-order valence-corrected chi connectivity index (χ0v) is 10.5. The maximum Gasteiger partial charge on any atom is 0.00279 e. The van der Waals surface area contributed by atoms with Crippen LogP contribution in [0.5, 0.6) is 0 Å². The van der Waals surface area contributed by atoms with Crippen LogP contribution in [0.4, 0.5) is 0 Å². The fourth-order valence-corrected chi connectivity index (χ4v) is 3.12. The van der Waals surface area contributed by atoms with E-state index >= 15 is 0 Å². The molecule has 2 aromatic carbocycles. The minimum Gasteiger partial charge on any atom is -0.0622 e. The molecular formula is C17H18. The van der Waals surface area contributed by atoms with Crippen molar-refractivity contribution in [2.75, 3.05) is 0 Å². The van der Waals surface area contributed by atoms with E-state index in [-0.39, 0.29) is 0 Å². The maximum absolute atomic E-state index is 2.38. The van der Waals surface area contributed by atoms with E-state index in [4.69, 9.17) is 0 Å². The SMILES string of the molecule is C[C@]1(c2ccccc2)C[C@]1(C)c1ccccc1. The second-order valence-electron chi connectivity index (χ2n) is 5.57. The van der Waals surface area contributed by atoms with Crippen LogP contribution in [-0.2, 0) is 10.8 Å². The van der Waals surface area contributed by atoms with Crippen molar-refractivity contribution >= 4 is 0 Å². The predicted molar refractivity (Wildman–Crippen MR) is 72.2 cm³/mol. The summed E-state index contributed by atoms with van der Waals surface area (Å²) in [7, 11) is 0. The first-order valence-corrected chi connectivity index (χ1v) is 6.28. The number of hydrogen-bond donors (Lipinski definition) is 0. The summed E-state index contributed by atoms with van der Waals surface area (Å²) in [5.41, 5.74) is 3.53. The van der Waals surface area contributed by atoms with Gasteiger partial charge in [-0.1, -0.05) is 74.5 Å². The van der Waals surface area contributed by atoms with Crippen molar-refractivity contribution in [1.29, 1.82) is 0 Å². The Hall–Kier alpha value is -1.56. The molecule has 0 aliphatic heterocycles. The predicted octanol–water partition coefficient (Wildman–Crippen LogP) is 4.31. The van der Waals surface area contributed by atoms with E-state index in [2.05, 4.69) is 74.5 Å². The van der Waals surface area contributed by atoms with Gasteiger partial charge in [0.2, 0.25) is 0 Å². The molecule has 0 spiro atoms. The van der Waals surface area contributed by atoms with Gasteiger partial charge in [0.1, 0.15) is 0 Å². The van der Waals surface area contributed by atoms with Gasteiger partial charge in [-0.15, -0.1) is 0 Å². The van der Waals surface area contributed by atoms with Crippen LogP contribution >= 0.6 is 0 Å². The van der Waals surface area contributed by atoms with Crippen molar-refractivity contribution in [1.82, 2.24) is 0 Å². The molecule has 2 atom stereocenters. The summed E-state index contributed by atoms with van der Waals surface area (Å²) < 4.78 is 0. The van der Waals surface area contributed by atoms with Gasteiger partial charge in [0.05, 0.1) is 0 Å². The van der Waals surface area contributed by atoms with Gasteiger partial charge in [-0.2, -0.15) is 0 Å². The van der Waals surface area contributed by atoms with Crippen molar-refractivity contribution in [3.63, 3.8) is 0 Å². The summed E-state index contributed by atoms with van der Waals surface area (Å²) in [5, 5.41) is 0. The van der Waals surface area contributed by atoms with Gasteiger partial charge >= 0.3 is 0 Å². The first-order chi connectivity index (χ1) is 8.17. The fraction of sp³-hybridized carbons (Fsp3) is 0.294. The smallest absolute Gasteiger partial charge is 0.00279 e. The normalized spacial score (nSPS) is 31.2. The van der Waals surface area contributed by atoms with E-state index in [0.29, 0.717) is 10.8 Å². The molecule has 0 radical (unpaired) electrons. The lowest BCUT2D eigenvalue weighted by Gasteiger charge is -2.19. The number of hydrogen-bond acceptors (Lipinski definition) is 0. The van der Waals surface area contributed by atoms with Crippen molar-refractivity contribution < 1.29 is 0 Å². The Morgan fingerprint density at radius 3 is 1.35 bits per heavy atom. The molecule has 1 aliphatic carbocycles. The van der Waals surface area contributed by atoms with Crippen LogP contribution in [0.3, 0.4) is 0 Å². The lowest BCUT2D eigenvalue weighted by atomic mass is 9.84. The summed E-state index contributed by atoms with van der Waals surface area (Å²) in [6.07, 6.45) is 1.24. The minimum absolute atomic E-state index is 0.301. The molecule has 0 saturated heterocycles. The molecule has 3 rings (SSSR count). The number of rotatable bonds is 2. The average Bonchev–Trinajstić information content (AvgIpc) is 2.97. The van der Waals surface area contributed by atoms with Crippen LogP contribution in [-0.4, -0.2) is 0 Å². The van der Waals surface area contributed by atoms with Gasteiger partial charge in [0.25, 0.3) is 0 Å². The van der Waals surface area contributed by atoms with Crippen LogP contribution in [0.2, 0.25) is 0 Å². The molecule has 1 fully saturated rings. The first kappa shape index (κ1) is 10.6. The molecule has 0 nitrogen and oxygen atoms in total. The van der Waals surface area contributed by atoms with Crippen molar-refractivity contribution in [2.45, 2.75) is 31.1 Å². The molecule has 0 bridgehead atoms. The van der Waals surface area contributed by atoms with Crippen molar-refractivity contribution in [3.8, 4) is 0 Å². The topological polar surface area (TPSA) is 0 Å². The minimum atomic E-state index is 0.301. The largest absolute Gasteiger partial charge is 0.0622 e. The molecule has 0 heterocycles. The van der Waals surface area contributed by atoms with E-state index in [0.717, 1.165) is 0 Å². The molecule has 0 heteroatoms. The van der Waals surface area contributed by atoms with Crippen molar-refractivity contribution in [2.24, 2.45) is 0 Å². The van der Waals surface area contributed by atoms with E-state index < -0.39 is 0 Å². The fourth-order valence-electron chi connectivity index (χ4n) is 3.12. The van der Waals surface area contributed by atoms with Gasteiger partial charge in [-0.25, -0.2) is 0 Å². The standard InChI is InChI=1S/C17H18/c1-16(14-9-5-3-6-10-14)13-17(16,2)15-11-7-4-8-12-15/h3-12H,13H2,1-2H3/t16-,17-/m1/s1. The molecule has 0 N–H and O–H groups in total. The van der Waals surface area contributed by atoms with E-state index in [1.165, 1.54) is 17.5 Å². The summed E-state index contributed by atoms with van der Waals surface area (Å²) >= 11 is 0. The Morgan fingerprint density at radius 1 is 0.647 bits per heavy atom. The zero-order chi connectivity index (χ0) is 11.9. The molecule has 0 aromatic heterocycles. The summed E-state index contributed by atoms with van der Waals surface area (Å²) in [4.78, 5) is 0. The monoisotopic (exact) mass is 222 g/mol. The Bertz CT molecular complexity index is 465. The lowest BCUT2D eigenvalue weighted by Crippen LogP contribution is -2.15. The molecular weight excluding hydrogens is 204 g/mol. The molecule has 17 heavy (non-hydrogen) atoms. The van der Waals surface area contributed by atoms with Gasteiger partial charge in [0.15, 0.2) is 0 Å². The Kier molecular flexibility index (Phi) is 2.16. The molecule has 1 aliphatic rings. The zero-order valence-electron chi connectivity index (χ0n) is 10.5. The van der Waals surface area contributed by atoms with E-state index in [1.54, 1.807) is 0 Å². The highest BCUT2D eigenvalue weighted by Crippen LogP contribution is 2.64. The lowest BCUT2D eigenvalue weighted by molar-refractivity contribution is 0.620. The first-order valence-electron chi connectivity index (χ1n) is 6.28. The van der Waals surface area contributed by atoms with Crippen LogP contribution in [0.25, 0.3) is 0 Å². The Morgan fingerprint density at radius 2 is 1.00 bits per heavy atom. The highest BCUT2D eigenvalue weighted by Gasteiger charge is 2.62. The summed E-state index contributed by atoms with van der Waals surface area (Å²) in [6.45, 7) is 4.77. The third kappa shape index (κ3) is 1.44. The second kappa shape index (κ2) is 3.46. The van der Waals surface area contributed by atoms with Gasteiger partial charge in [-0.05, 0) is 17.5 Å². The molecule has 86 valence electrons. The molecule has 2 aromatic rings. The summed E-state index contributed by atoms with van der Waals surface area (Å²) in [6, 6.07) is 21.8. The third-order valence-electron chi connectivity index (χ3n) is 4.62. The quantitative estimate of drug-likeness (QED) is 0.710. The molecule has 1 saturated carbocycles. The third-order valence-corrected chi connectivity index (χ3v) is 4.62. The van der Waals surface area contributed by atoms with Gasteiger partial charge < -0.3 is 0 Å². The Balaban J connectivity index is 2.00. The highest BCUT2D eigenvalue weighted by atomic mass is 14.6. The van der Waals surface area contributed by atoms with E-state index in [9.17, 15) is 0 Å². The summed E-state index contributed by atoms with van der Waals surface area (Å²) in [5.74, 6) is 0. The van der Waals surface area contributed by atoms with Crippen LogP contribution in [0.15, 0.2) is 60.7 Å². The number of benzene rings is 2. The average molecular weight is 222 g/mol. The van der Waals surface area contributed by atoms with Gasteiger partial charge in [0, 0.05) is 10.8 Å². The van der Waals surface area contributed by atoms with Crippen LogP contribution in [0, 0.1) is 0 Å². The molecule has 0 amide bonds.